The second-order valence-electron chi connectivity index (χ2n) is 8.19. The van der Waals surface area contributed by atoms with Gasteiger partial charge in [-0.2, -0.15) is 110 Å². The van der Waals surface area contributed by atoms with Gasteiger partial charge in [-0.1, -0.05) is 6.92 Å². The molecule has 1 N–H and O–H groups in total. The number of halogens is 25. The topological polar surface area (TPSA) is 37.3 Å². The van der Waals surface area contributed by atoms with E-state index in [2.05, 4.69) is 0 Å². The number of aliphatic carboxylic acids is 1. The standard InChI is InChI=1S/C17H7F25O2/c1-2-4(5(43)44)3-6(18,19)7(20,21)8(22,23)9(24,25)10(26,27)11(28,29)12(30,31)13(32,33)14(34,35)15(36,37)16(38,39)17(40,41)42/h3H,2H2,1H3,(H,43,44). The fraction of sp³-hybridized carbons (Fsp3) is 0.824. The summed E-state index contributed by atoms with van der Waals surface area (Å²) in [4.78, 5) is 10.6. The second-order valence-corrected chi connectivity index (χ2v) is 8.19. The first-order chi connectivity index (χ1) is 18.6. The van der Waals surface area contributed by atoms with E-state index in [9.17, 15) is 115 Å². The summed E-state index contributed by atoms with van der Waals surface area (Å²) in [7, 11) is 0. The number of carboxylic acid groups (broad SMARTS) is 1. The molecule has 262 valence electrons. The van der Waals surface area contributed by atoms with Crippen LogP contribution in [0.15, 0.2) is 11.6 Å². The Kier molecular flexibility index (Phi) is 9.89. The summed E-state index contributed by atoms with van der Waals surface area (Å²) in [5, 5.41) is 8.40. The zero-order chi connectivity index (χ0) is 36.6. The first-order valence-corrected chi connectivity index (χ1v) is 9.79. The van der Waals surface area contributed by atoms with Crippen LogP contribution in [-0.2, 0) is 4.79 Å². The molecule has 0 radical (unpaired) electrons. The fourth-order valence-electron chi connectivity index (χ4n) is 2.59. The molecular weight excluding hydrogens is 711 g/mol. The minimum atomic E-state index is -9.66. The van der Waals surface area contributed by atoms with Crippen molar-refractivity contribution in [2.24, 2.45) is 0 Å². The molecule has 0 aliphatic heterocycles. The van der Waals surface area contributed by atoms with Crippen molar-refractivity contribution in [1.29, 1.82) is 0 Å². The van der Waals surface area contributed by atoms with Crippen LogP contribution in [0.4, 0.5) is 110 Å². The number of carboxylic acids is 1. The molecular formula is C17H7F25O2. The zero-order valence-electron chi connectivity index (χ0n) is 19.6. The van der Waals surface area contributed by atoms with Crippen molar-refractivity contribution >= 4 is 5.97 Å². The van der Waals surface area contributed by atoms with Crippen LogP contribution in [0.5, 0.6) is 0 Å². The van der Waals surface area contributed by atoms with E-state index in [1.807, 2.05) is 0 Å². The summed E-state index contributed by atoms with van der Waals surface area (Å²) < 4.78 is 333. The first kappa shape index (κ1) is 41.5. The van der Waals surface area contributed by atoms with E-state index < -0.39 is 95.4 Å². The molecule has 0 aromatic carbocycles. The van der Waals surface area contributed by atoms with E-state index in [0.29, 0.717) is 6.92 Å². The molecule has 0 bridgehead atoms. The molecule has 27 heteroatoms. The quantitative estimate of drug-likeness (QED) is 0.153. The molecule has 0 spiro atoms. The summed E-state index contributed by atoms with van der Waals surface area (Å²) in [6, 6.07) is 0. The monoisotopic (exact) mass is 718 g/mol. The van der Waals surface area contributed by atoms with Gasteiger partial charge in [0.1, 0.15) is 0 Å². The number of alkyl halides is 25. The lowest BCUT2D eigenvalue weighted by atomic mass is 9.84. The van der Waals surface area contributed by atoms with Crippen molar-refractivity contribution in [3.05, 3.63) is 11.6 Å². The molecule has 0 saturated heterocycles. The van der Waals surface area contributed by atoms with Gasteiger partial charge in [-0.15, -0.1) is 0 Å². The lowest BCUT2D eigenvalue weighted by Gasteiger charge is -2.45. The average Bonchev–Trinajstić information content (AvgIpc) is 2.80. The summed E-state index contributed by atoms with van der Waals surface area (Å²) in [5.74, 6) is -102. The molecule has 44 heavy (non-hydrogen) atoms. The molecule has 0 aliphatic carbocycles. The number of rotatable bonds is 13. The van der Waals surface area contributed by atoms with Crippen LogP contribution in [0.25, 0.3) is 0 Å². The highest BCUT2D eigenvalue weighted by Crippen LogP contribution is 2.67. The fourth-order valence-corrected chi connectivity index (χ4v) is 2.59. The Morgan fingerprint density at radius 1 is 0.432 bits per heavy atom. The Hall–Kier alpha value is -2.54. The van der Waals surface area contributed by atoms with Crippen LogP contribution in [0.3, 0.4) is 0 Å². The third kappa shape index (κ3) is 5.05. The Balaban J connectivity index is 7.44. The molecule has 0 aromatic rings. The lowest BCUT2D eigenvalue weighted by molar-refractivity contribution is -0.481. The predicted octanol–water partition coefficient (Wildman–Crippen LogP) is 8.96. The van der Waals surface area contributed by atoms with Crippen LogP contribution < -0.4 is 0 Å². The highest BCUT2D eigenvalue weighted by molar-refractivity contribution is 5.86. The van der Waals surface area contributed by atoms with Crippen molar-refractivity contribution in [1.82, 2.24) is 0 Å². The van der Waals surface area contributed by atoms with Gasteiger partial charge >= 0.3 is 77.3 Å². The molecule has 2 nitrogen and oxygen atoms in total. The van der Waals surface area contributed by atoms with Gasteiger partial charge < -0.3 is 5.11 Å². The van der Waals surface area contributed by atoms with Gasteiger partial charge in [0.15, 0.2) is 0 Å². The van der Waals surface area contributed by atoms with E-state index in [0.717, 1.165) is 0 Å². The average molecular weight is 718 g/mol. The summed E-state index contributed by atoms with van der Waals surface area (Å²) in [5.41, 5.74) is -2.16. The van der Waals surface area contributed by atoms with Crippen molar-refractivity contribution in [2.45, 2.75) is 84.7 Å². The van der Waals surface area contributed by atoms with E-state index in [1.54, 1.807) is 0 Å². The third-order valence-electron chi connectivity index (χ3n) is 5.33. The van der Waals surface area contributed by atoms with Gasteiger partial charge in [-0.25, -0.2) is 4.79 Å². The molecule has 0 saturated carbocycles. The number of hydrogen-bond donors (Lipinski definition) is 1. The Morgan fingerprint density at radius 2 is 0.636 bits per heavy atom. The molecule has 0 rings (SSSR count). The van der Waals surface area contributed by atoms with Gasteiger partial charge in [0.05, 0.1) is 0 Å². The SMILES string of the molecule is CCC(=CC(F)(F)C(F)(F)C(F)(F)C(F)(F)C(F)(F)C(F)(F)C(F)(F)C(F)(F)C(F)(F)C(F)(F)C(F)(F)C(F)(F)F)C(=O)O. The molecule has 0 atom stereocenters. The van der Waals surface area contributed by atoms with Crippen LogP contribution in [-0.4, -0.2) is 82.4 Å². The molecule has 0 fully saturated rings. The van der Waals surface area contributed by atoms with Crippen molar-refractivity contribution in [3.63, 3.8) is 0 Å². The molecule has 0 unspecified atom stereocenters. The third-order valence-corrected chi connectivity index (χ3v) is 5.33. The molecule has 0 aliphatic rings. The second kappa shape index (κ2) is 10.5. The van der Waals surface area contributed by atoms with Crippen LogP contribution >= 0.6 is 0 Å². The maximum Gasteiger partial charge on any atom is 0.460 e. The largest absolute Gasteiger partial charge is 0.478 e. The van der Waals surface area contributed by atoms with E-state index >= 15 is 0 Å². The Labute approximate surface area is 223 Å². The Morgan fingerprint density at radius 3 is 0.818 bits per heavy atom. The highest BCUT2D eigenvalue weighted by atomic mass is 19.4. The van der Waals surface area contributed by atoms with Gasteiger partial charge in [-0.05, 0) is 6.42 Å². The summed E-state index contributed by atoms with van der Waals surface area (Å²) in [6.07, 6.45) is -11.5. The lowest BCUT2D eigenvalue weighted by Crippen LogP contribution is -2.78. The maximum atomic E-state index is 13.8. The van der Waals surface area contributed by atoms with Gasteiger partial charge in [0.2, 0.25) is 0 Å². The summed E-state index contributed by atoms with van der Waals surface area (Å²) >= 11 is 0. The normalized spacial score (nSPS) is 16.8. The van der Waals surface area contributed by atoms with E-state index in [4.69, 9.17) is 5.11 Å². The van der Waals surface area contributed by atoms with Crippen LogP contribution in [0, 0.1) is 0 Å². The van der Waals surface area contributed by atoms with Crippen LogP contribution in [0.1, 0.15) is 13.3 Å². The zero-order valence-corrected chi connectivity index (χ0v) is 19.6. The molecule has 0 heterocycles. The minimum Gasteiger partial charge on any atom is -0.478 e. The van der Waals surface area contributed by atoms with Crippen molar-refractivity contribution in [3.8, 4) is 0 Å². The number of allylic oxidation sites excluding steroid dienone is 1. The molecule has 0 amide bonds. The van der Waals surface area contributed by atoms with Crippen molar-refractivity contribution < 1.29 is 120 Å². The van der Waals surface area contributed by atoms with E-state index in [1.165, 1.54) is 0 Å². The van der Waals surface area contributed by atoms with Crippen molar-refractivity contribution in [2.75, 3.05) is 0 Å². The smallest absolute Gasteiger partial charge is 0.460 e. The van der Waals surface area contributed by atoms with Gasteiger partial charge in [-0.3, -0.25) is 0 Å². The summed E-state index contributed by atoms with van der Waals surface area (Å²) in [6.45, 7) is 0.432. The Bertz CT molecular complexity index is 1110. The highest BCUT2D eigenvalue weighted by Gasteiger charge is 2.99. The maximum absolute atomic E-state index is 13.8. The first-order valence-electron chi connectivity index (χ1n) is 9.79. The predicted molar refractivity (Wildman–Crippen MR) is 86.5 cm³/mol. The van der Waals surface area contributed by atoms with Gasteiger partial charge in [0, 0.05) is 11.6 Å². The van der Waals surface area contributed by atoms with E-state index in [-0.39, 0.29) is 0 Å². The number of hydrogen-bond acceptors (Lipinski definition) is 1. The van der Waals surface area contributed by atoms with Crippen LogP contribution in [0.2, 0.25) is 0 Å². The van der Waals surface area contributed by atoms with Gasteiger partial charge in [0.25, 0.3) is 0 Å². The molecule has 0 aromatic heterocycles. The minimum absolute atomic E-state index is 0.432. The number of carbonyl (C=O) groups is 1.